The molecule has 0 amide bonds. The standard InChI is InChI=1S/C14H20O4/c1-2-6-11(15)18-10-8-5-3-4-7-9-12(10)13(9)14(16)17/h9,13H,2-8H2,1H3,(H,16,17)/b12-10-. The van der Waals surface area contributed by atoms with Crippen molar-refractivity contribution in [2.75, 3.05) is 0 Å². The summed E-state index contributed by atoms with van der Waals surface area (Å²) in [4.78, 5) is 22.7. The van der Waals surface area contributed by atoms with E-state index in [9.17, 15) is 9.59 Å². The molecule has 2 aliphatic carbocycles. The molecule has 4 nitrogen and oxygen atoms in total. The van der Waals surface area contributed by atoms with Crippen LogP contribution in [0.3, 0.4) is 0 Å². The highest BCUT2D eigenvalue weighted by Gasteiger charge is 2.52. The van der Waals surface area contributed by atoms with E-state index in [1.165, 1.54) is 0 Å². The first-order valence-electron chi connectivity index (χ1n) is 6.81. The Morgan fingerprint density at radius 2 is 2.11 bits per heavy atom. The highest BCUT2D eigenvalue weighted by molar-refractivity contribution is 5.81. The molecular formula is C14H20O4. The number of esters is 1. The number of carbonyl (C=O) groups excluding carboxylic acids is 1. The zero-order chi connectivity index (χ0) is 13.1. The van der Waals surface area contributed by atoms with Crippen LogP contribution in [0, 0.1) is 11.8 Å². The molecule has 0 aromatic carbocycles. The topological polar surface area (TPSA) is 63.6 Å². The van der Waals surface area contributed by atoms with Crippen LogP contribution in [0.2, 0.25) is 0 Å². The van der Waals surface area contributed by atoms with Crippen LogP contribution in [-0.2, 0) is 14.3 Å². The van der Waals surface area contributed by atoms with Gasteiger partial charge in [-0.1, -0.05) is 19.8 Å². The van der Waals surface area contributed by atoms with Gasteiger partial charge in [0.1, 0.15) is 5.76 Å². The maximum Gasteiger partial charge on any atom is 0.311 e. The minimum Gasteiger partial charge on any atom is -0.481 e. The molecular weight excluding hydrogens is 232 g/mol. The van der Waals surface area contributed by atoms with Gasteiger partial charge in [0.25, 0.3) is 0 Å². The lowest BCUT2D eigenvalue weighted by molar-refractivity contribution is -0.141. The van der Waals surface area contributed by atoms with Crippen LogP contribution in [0.15, 0.2) is 11.3 Å². The quantitative estimate of drug-likeness (QED) is 0.781. The van der Waals surface area contributed by atoms with Crippen molar-refractivity contribution in [1.29, 1.82) is 0 Å². The second kappa shape index (κ2) is 5.55. The molecule has 0 radical (unpaired) electrons. The number of hydrogen-bond acceptors (Lipinski definition) is 3. The average molecular weight is 252 g/mol. The molecule has 0 aromatic heterocycles. The van der Waals surface area contributed by atoms with Gasteiger partial charge in [0, 0.05) is 18.8 Å². The van der Waals surface area contributed by atoms with E-state index < -0.39 is 11.9 Å². The van der Waals surface area contributed by atoms with E-state index in [4.69, 9.17) is 9.84 Å². The van der Waals surface area contributed by atoms with Crippen LogP contribution in [0.1, 0.15) is 51.9 Å². The van der Waals surface area contributed by atoms with Gasteiger partial charge in [-0.2, -0.15) is 0 Å². The van der Waals surface area contributed by atoms with Gasteiger partial charge in [-0.25, -0.2) is 0 Å². The van der Waals surface area contributed by atoms with Crippen molar-refractivity contribution in [2.24, 2.45) is 11.8 Å². The van der Waals surface area contributed by atoms with Crippen molar-refractivity contribution in [2.45, 2.75) is 51.9 Å². The number of carboxylic acid groups (broad SMARTS) is 1. The van der Waals surface area contributed by atoms with Crippen molar-refractivity contribution >= 4 is 11.9 Å². The second-order valence-corrected chi connectivity index (χ2v) is 5.12. The lowest BCUT2D eigenvalue weighted by atomic mass is 10.0. The molecule has 0 aliphatic heterocycles. The third kappa shape index (κ3) is 2.74. The van der Waals surface area contributed by atoms with Crippen LogP contribution in [0.5, 0.6) is 0 Å². The molecule has 2 unspecified atom stereocenters. The zero-order valence-corrected chi connectivity index (χ0v) is 10.8. The molecule has 2 rings (SSSR count). The third-order valence-electron chi connectivity index (χ3n) is 3.73. The molecule has 2 aliphatic rings. The lowest BCUT2D eigenvalue weighted by Crippen LogP contribution is -2.05. The fourth-order valence-electron chi connectivity index (χ4n) is 2.80. The van der Waals surface area contributed by atoms with Crippen LogP contribution in [-0.4, -0.2) is 17.0 Å². The molecule has 18 heavy (non-hydrogen) atoms. The number of hydrogen-bond donors (Lipinski definition) is 1. The Labute approximate surface area is 107 Å². The van der Waals surface area contributed by atoms with Gasteiger partial charge in [0.05, 0.1) is 5.92 Å². The Morgan fingerprint density at radius 3 is 2.78 bits per heavy atom. The molecule has 0 bridgehead atoms. The molecule has 0 spiro atoms. The summed E-state index contributed by atoms with van der Waals surface area (Å²) in [6.07, 6.45) is 5.94. The maximum atomic E-state index is 11.5. The van der Waals surface area contributed by atoms with Crippen molar-refractivity contribution < 1.29 is 19.4 Å². The van der Waals surface area contributed by atoms with Crippen LogP contribution in [0.4, 0.5) is 0 Å². The smallest absolute Gasteiger partial charge is 0.311 e. The van der Waals surface area contributed by atoms with E-state index in [1.807, 2.05) is 6.92 Å². The Hall–Kier alpha value is -1.32. The predicted molar refractivity (Wildman–Crippen MR) is 65.7 cm³/mol. The maximum absolute atomic E-state index is 11.5. The summed E-state index contributed by atoms with van der Waals surface area (Å²) >= 11 is 0. The Morgan fingerprint density at radius 1 is 1.33 bits per heavy atom. The molecule has 100 valence electrons. The van der Waals surface area contributed by atoms with Crippen molar-refractivity contribution in [3.05, 3.63) is 11.3 Å². The Bertz CT molecular complexity index is 383. The summed E-state index contributed by atoms with van der Waals surface area (Å²) in [5.74, 6) is -0.624. The average Bonchev–Trinajstić information content (AvgIpc) is 2.98. The van der Waals surface area contributed by atoms with Gasteiger partial charge in [-0.05, 0) is 24.8 Å². The summed E-state index contributed by atoms with van der Waals surface area (Å²) in [5.41, 5.74) is 0.881. The summed E-state index contributed by atoms with van der Waals surface area (Å²) in [6, 6.07) is 0. The molecule has 1 fully saturated rings. The number of allylic oxidation sites excluding steroid dienone is 1. The van der Waals surface area contributed by atoms with Gasteiger partial charge in [-0.3, -0.25) is 9.59 Å². The van der Waals surface area contributed by atoms with Crippen molar-refractivity contribution in [3.63, 3.8) is 0 Å². The summed E-state index contributed by atoms with van der Waals surface area (Å²) in [6.45, 7) is 1.93. The first-order chi connectivity index (χ1) is 8.65. The number of fused-ring (bicyclic) bond motifs is 1. The summed E-state index contributed by atoms with van der Waals surface area (Å²) in [5, 5.41) is 9.15. The summed E-state index contributed by atoms with van der Waals surface area (Å²) < 4.78 is 5.38. The highest BCUT2D eigenvalue weighted by Crippen LogP contribution is 2.53. The number of carbonyl (C=O) groups is 2. The van der Waals surface area contributed by atoms with Crippen molar-refractivity contribution in [1.82, 2.24) is 0 Å². The van der Waals surface area contributed by atoms with Gasteiger partial charge < -0.3 is 9.84 Å². The first kappa shape index (κ1) is 13.1. The van der Waals surface area contributed by atoms with Crippen LogP contribution >= 0.6 is 0 Å². The van der Waals surface area contributed by atoms with Gasteiger partial charge in [0.15, 0.2) is 0 Å². The van der Waals surface area contributed by atoms with E-state index >= 15 is 0 Å². The normalized spacial score (nSPS) is 30.9. The molecule has 0 saturated heterocycles. The number of aliphatic carboxylic acids is 1. The van der Waals surface area contributed by atoms with E-state index in [2.05, 4.69) is 0 Å². The minimum absolute atomic E-state index is 0.118. The van der Waals surface area contributed by atoms with E-state index in [-0.39, 0.29) is 11.9 Å². The van der Waals surface area contributed by atoms with E-state index in [1.54, 1.807) is 0 Å². The molecule has 1 saturated carbocycles. The van der Waals surface area contributed by atoms with Crippen LogP contribution in [0.25, 0.3) is 0 Å². The van der Waals surface area contributed by atoms with E-state index in [0.717, 1.165) is 37.7 Å². The molecule has 1 N–H and O–H groups in total. The Kier molecular flexibility index (Phi) is 4.04. The zero-order valence-electron chi connectivity index (χ0n) is 10.8. The predicted octanol–water partition coefficient (Wildman–Crippen LogP) is 2.88. The number of rotatable bonds is 4. The van der Waals surface area contributed by atoms with Gasteiger partial charge in [-0.15, -0.1) is 0 Å². The first-order valence-corrected chi connectivity index (χ1v) is 6.81. The molecule has 2 atom stereocenters. The van der Waals surface area contributed by atoms with Crippen molar-refractivity contribution in [3.8, 4) is 0 Å². The monoisotopic (exact) mass is 252 g/mol. The second-order valence-electron chi connectivity index (χ2n) is 5.12. The molecule has 4 heteroatoms. The third-order valence-corrected chi connectivity index (χ3v) is 3.73. The fourth-order valence-corrected chi connectivity index (χ4v) is 2.80. The van der Waals surface area contributed by atoms with Crippen LogP contribution < -0.4 is 0 Å². The van der Waals surface area contributed by atoms with Gasteiger partial charge >= 0.3 is 11.9 Å². The number of ether oxygens (including phenoxy) is 1. The van der Waals surface area contributed by atoms with E-state index in [0.29, 0.717) is 18.6 Å². The Balaban J connectivity index is 2.12. The molecule has 0 aromatic rings. The SMILES string of the molecule is CCCC(=O)O/C1=C2/C(CCCCC1)C2C(=O)O. The highest BCUT2D eigenvalue weighted by atomic mass is 16.5. The van der Waals surface area contributed by atoms with Gasteiger partial charge in [0.2, 0.25) is 0 Å². The minimum atomic E-state index is -0.777. The largest absolute Gasteiger partial charge is 0.481 e. The molecule has 0 heterocycles. The fraction of sp³-hybridized carbons (Fsp3) is 0.714. The number of carboxylic acids is 1. The summed E-state index contributed by atoms with van der Waals surface area (Å²) in [7, 11) is 0. The lowest BCUT2D eigenvalue weighted by Gasteiger charge is -2.10.